The van der Waals surface area contributed by atoms with Crippen LogP contribution in [0.2, 0.25) is 5.02 Å². The van der Waals surface area contributed by atoms with Crippen molar-refractivity contribution in [3.8, 4) is 0 Å². The highest BCUT2D eigenvalue weighted by molar-refractivity contribution is 6.34. The molecule has 1 aliphatic carbocycles. The molecule has 87 heavy (non-hydrogen) atoms. The van der Waals surface area contributed by atoms with Gasteiger partial charge in [0.05, 0.1) is 70.0 Å². The first-order valence-electron chi connectivity index (χ1n) is 30.3. The SMILES string of the molecule is CC[C@H]1OC(=O)[C@H](C)C(O[C@H]2C[C@@](C)(OC)[C@@H](OC(=O)CCNCCNc3cc4c(=O)c(C(=O)O)cn(C5CC5)c4cc3Cl)[C@H](C)O2)[C@H](C)[C@@H](O[C@@H]2O[C@H](C)C[C@H](N(C)C)[C@H]2O)[C@](C)(O)C[C@@H](C)/C(=N\OCc2ccccn2)[C@H](C)[C@@H]2OC(=O)O[C@]12C. The van der Waals surface area contributed by atoms with E-state index in [1.54, 1.807) is 78.9 Å². The number of carbonyl (C=O) groups excluding carboxylic acids is 3. The Labute approximate surface area is 513 Å². The number of carboxylic acid groups (broad SMARTS) is 1. The topological polar surface area (TPSA) is 296 Å². The third-order valence-electron chi connectivity index (χ3n) is 18.1. The summed E-state index contributed by atoms with van der Waals surface area (Å²) < 4.78 is 59.3. The van der Waals surface area contributed by atoms with E-state index in [4.69, 9.17) is 59.1 Å². The Morgan fingerprint density at radius 2 is 1.69 bits per heavy atom. The smallest absolute Gasteiger partial charge is 0.477 e. The molecule has 1 unspecified atom stereocenters. The minimum atomic E-state index is -1.83. The first-order valence-corrected chi connectivity index (χ1v) is 30.7. The minimum absolute atomic E-state index is 0.000311. The van der Waals surface area contributed by atoms with Crippen molar-refractivity contribution < 1.29 is 82.0 Å². The number of esters is 2. The number of likely N-dealkylation sites (N-methyl/N-ethyl adjacent to an activating group) is 1. The zero-order valence-corrected chi connectivity index (χ0v) is 52.9. The highest BCUT2D eigenvalue weighted by atomic mass is 35.5. The van der Waals surface area contributed by atoms with Crippen LogP contribution in [0.15, 0.2) is 52.7 Å². The van der Waals surface area contributed by atoms with Crippen molar-refractivity contribution >= 4 is 58.0 Å². The van der Waals surface area contributed by atoms with Crippen LogP contribution in [0, 0.1) is 23.7 Å². The molecule has 5 aliphatic rings. The number of cyclic esters (lactones) is 1. The summed E-state index contributed by atoms with van der Waals surface area (Å²) in [5, 5.41) is 46.6. The second-order valence-corrected chi connectivity index (χ2v) is 25.5. The largest absolute Gasteiger partial charge is 0.509 e. The van der Waals surface area contributed by atoms with Gasteiger partial charge in [-0.3, -0.25) is 19.4 Å². The van der Waals surface area contributed by atoms with Gasteiger partial charge in [0.1, 0.15) is 23.4 Å². The van der Waals surface area contributed by atoms with Crippen molar-refractivity contribution in [1.29, 1.82) is 0 Å². The van der Waals surface area contributed by atoms with Crippen molar-refractivity contribution in [3.05, 3.63) is 69.2 Å². The number of aromatic carboxylic acids is 1. The predicted octanol–water partition coefficient (Wildman–Crippen LogP) is 7.01. The first-order chi connectivity index (χ1) is 41.1. The third kappa shape index (κ3) is 15.2. The summed E-state index contributed by atoms with van der Waals surface area (Å²) in [4.78, 5) is 79.3. The van der Waals surface area contributed by atoms with E-state index in [9.17, 15) is 39.3 Å². The molecule has 0 bridgehead atoms. The Balaban J connectivity index is 1.01. The fourth-order valence-electron chi connectivity index (χ4n) is 13.2. The fourth-order valence-corrected chi connectivity index (χ4v) is 13.4. The minimum Gasteiger partial charge on any atom is -0.477 e. The molecular formula is C62H89ClN6O18. The standard InChI is InChI=1S/C62H89ClN6O18/c1-14-46-62(10)54(86-59(76)87-62)34(4)49(67-79-31-38-17-15-16-21-65-38)32(2)28-60(8,77)53(85-58-51(72)45(68(11)12)25-33(3)80-58)35(5)52(36(6)57(75)82-46)84-48-29-61(9,78-13)55(37(7)81-48)83-47(70)20-22-64-23-24-66-43-26-40-44(27-42(43)63)69(39-18-19-39)30-41(50(40)71)56(73)74/h15-17,21,26-27,30,32-37,39,45-46,48,51-55,58,64,66,72,77H,14,18-20,22-25,28-29,31H2,1-13H3,(H,73,74)/b67-49+/t32-,33-,34+,35+,36-,37+,45+,46-,48+,51-,52?,53-,54+,55+,58+,60-,61-,62-/m1/s1. The van der Waals surface area contributed by atoms with E-state index in [-0.39, 0.29) is 68.0 Å². The van der Waals surface area contributed by atoms with E-state index in [0.717, 1.165) is 12.8 Å². The molecule has 18 atom stereocenters. The van der Waals surface area contributed by atoms with Crippen LogP contribution in [-0.4, -0.2) is 185 Å². The average molecular weight is 1240 g/mol. The van der Waals surface area contributed by atoms with E-state index in [1.807, 2.05) is 50.4 Å². The Morgan fingerprint density at radius 1 is 0.954 bits per heavy atom. The van der Waals surface area contributed by atoms with E-state index in [2.05, 4.69) is 20.8 Å². The number of nitrogens with one attached hydrogen (secondary N) is 2. The monoisotopic (exact) mass is 1240 g/mol. The number of nitrogens with zero attached hydrogens (tertiary/aromatic N) is 4. The Hall–Kier alpha value is -5.54. The zero-order valence-electron chi connectivity index (χ0n) is 52.2. The lowest BCUT2D eigenvalue weighted by Crippen LogP contribution is -2.61. The van der Waals surface area contributed by atoms with E-state index in [1.165, 1.54) is 13.3 Å². The maximum atomic E-state index is 15.0. The van der Waals surface area contributed by atoms with Crippen molar-refractivity contribution in [3.63, 3.8) is 0 Å². The molecule has 482 valence electrons. The summed E-state index contributed by atoms with van der Waals surface area (Å²) >= 11 is 6.66. The van der Waals surface area contributed by atoms with Crippen LogP contribution in [0.5, 0.6) is 0 Å². The second-order valence-electron chi connectivity index (χ2n) is 25.1. The lowest BCUT2D eigenvalue weighted by Gasteiger charge is -2.49. The van der Waals surface area contributed by atoms with Gasteiger partial charge in [-0.05, 0) is 112 Å². The first kappa shape index (κ1) is 67.4. The average Bonchev–Trinajstić information content (AvgIpc) is 1.88. The van der Waals surface area contributed by atoms with Gasteiger partial charge < -0.3 is 82.9 Å². The molecule has 1 saturated carbocycles. The summed E-state index contributed by atoms with van der Waals surface area (Å²) in [6.07, 6.45) is -5.78. The van der Waals surface area contributed by atoms with Crippen molar-refractivity contribution in [2.24, 2.45) is 28.8 Å². The Kier molecular flexibility index (Phi) is 21.8. The number of ether oxygens (including phenoxy) is 9. The van der Waals surface area contributed by atoms with E-state index >= 15 is 0 Å². The number of hydrogen-bond acceptors (Lipinski definition) is 22. The number of benzene rings is 1. The molecule has 0 amide bonds. The van der Waals surface area contributed by atoms with Crippen LogP contribution >= 0.6 is 11.6 Å². The number of methoxy groups -OCH3 is 1. The van der Waals surface area contributed by atoms with Crippen LogP contribution < -0.4 is 16.1 Å². The van der Waals surface area contributed by atoms with Crippen molar-refractivity contribution in [1.82, 2.24) is 19.8 Å². The molecule has 4 saturated heterocycles. The normalized spacial score (nSPS) is 35.6. The number of aliphatic hydroxyl groups excluding tert-OH is 1. The van der Waals surface area contributed by atoms with Crippen molar-refractivity contribution in [2.45, 2.75) is 211 Å². The number of rotatable bonds is 20. The molecule has 1 aromatic carbocycles. The van der Waals surface area contributed by atoms with Gasteiger partial charge >= 0.3 is 24.1 Å². The highest BCUT2D eigenvalue weighted by Crippen LogP contribution is 2.45. The lowest BCUT2D eigenvalue weighted by molar-refractivity contribution is -0.318. The summed E-state index contributed by atoms with van der Waals surface area (Å²) in [6.45, 7) is 18.5. The number of hydrogen-bond donors (Lipinski definition) is 5. The molecule has 5 fully saturated rings. The number of halogens is 1. The van der Waals surface area contributed by atoms with Gasteiger partial charge in [-0.1, -0.05) is 50.5 Å². The number of aliphatic hydroxyl groups is 2. The number of oxime groups is 1. The van der Waals surface area contributed by atoms with Crippen molar-refractivity contribution in [2.75, 3.05) is 46.2 Å². The number of aromatic nitrogens is 2. The maximum Gasteiger partial charge on any atom is 0.509 e. The van der Waals surface area contributed by atoms with Gasteiger partial charge in [0, 0.05) is 80.8 Å². The van der Waals surface area contributed by atoms with Crippen LogP contribution in [0.1, 0.15) is 136 Å². The van der Waals surface area contributed by atoms with Crippen LogP contribution in [0.25, 0.3) is 10.9 Å². The molecule has 0 radical (unpaired) electrons. The van der Waals surface area contributed by atoms with Gasteiger partial charge in [0.15, 0.2) is 37.0 Å². The third-order valence-corrected chi connectivity index (χ3v) is 18.4. The summed E-state index contributed by atoms with van der Waals surface area (Å²) in [7, 11) is 5.20. The van der Waals surface area contributed by atoms with Gasteiger partial charge in [-0.15, -0.1) is 0 Å². The number of fused-ring (bicyclic) bond motifs is 2. The molecule has 3 aromatic rings. The second kappa shape index (κ2) is 28.1. The van der Waals surface area contributed by atoms with Gasteiger partial charge in [-0.2, -0.15) is 0 Å². The van der Waals surface area contributed by atoms with E-state index in [0.29, 0.717) is 47.1 Å². The van der Waals surface area contributed by atoms with Crippen LogP contribution in [0.4, 0.5) is 10.5 Å². The molecule has 25 heteroatoms. The summed E-state index contributed by atoms with van der Waals surface area (Å²) in [6, 6.07) is 8.37. The molecular weight excluding hydrogens is 1150 g/mol. The summed E-state index contributed by atoms with van der Waals surface area (Å²) in [5.74, 6) is -5.98. The van der Waals surface area contributed by atoms with Gasteiger partial charge in [-0.25, -0.2) is 9.59 Å². The Bertz CT molecular complexity index is 3000. The molecule has 24 nitrogen and oxygen atoms in total. The van der Waals surface area contributed by atoms with Gasteiger partial charge in [0.25, 0.3) is 0 Å². The molecule has 0 spiro atoms. The lowest BCUT2D eigenvalue weighted by atomic mass is 9.73. The number of carbonyl (C=O) groups is 4. The summed E-state index contributed by atoms with van der Waals surface area (Å²) in [5.41, 5.74) is -3.44. The molecule has 5 N–H and O–H groups in total. The van der Waals surface area contributed by atoms with E-state index < -0.39 is 125 Å². The molecule has 8 rings (SSSR count). The number of anilines is 1. The molecule has 2 aromatic heterocycles. The van der Waals surface area contributed by atoms with Crippen LogP contribution in [0.3, 0.4) is 0 Å². The zero-order chi connectivity index (χ0) is 63.4. The molecule has 6 heterocycles. The number of pyridine rings is 2. The molecule has 4 aliphatic heterocycles. The fraction of sp³-hybridized carbons (Fsp3) is 0.694. The van der Waals surface area contributed by atoms with Gasteiger partial charge in [0.2, 0.25) is 5.43 Å². The maximum absolute atomic E-state index is 15.0. The number of carboxylic acids is 1. The van der Waals surface area contributed by atoms with Crippen LogP contribution in [-0.2, 0) is 63.7 Å². The predicted molar refractivity (Wildman–Crippen MR) is 319 cm³/mol. The highest BCUT2D eigenvalue weighted by Gasteiger charge is 2.59. The Morgan fingerprint density at radius 3 is 2.34 bits per heavy atom. The quantitative estimate of drug-likeness (QED) is 0.0329.